The summed E-state index contributed by atoms with van der Waals surface area (Å²) in [4.78, 5) is 11.4. The molecule has 0 N–H and O–H groups in total. The van der Waals surface area contributed by atoms with E-state index in [1.54, 1.807) is 6.92 Å². The number of hydrogen-bond acceptors (Lipinski definition) is 1. The minimum Gasteiger partial charge on any atom is -0.295 e. The molecule has 1 aliphatic carbocycles. The van der Waals surface area contributed by atoms with Crippen molar-refractivity contribution < 1.29 is 4.79 Å². The Morgan fingerprint density at radius 1 is 1.31 bits per heavy atom. The predicted molar refractivity (Wildman–Crippen MR) is 55.6 cm³/mol. The molecular weight excluding hydrogens is 160 g/mol. The van der Waals surface area contributed by atoms with Crippen LogP contribution < -0.4 is 0 Å². The van der Waals surface area contributed by atoms with E-state index in [4.69, 9.17) is 0 Å². The summed E-state index contributed by atoms with van der Waals surface area (Å²) in [6.07, 6.45) is 4.27. The van der Waals surface area contributed by atoms with Crippen LogP contribution in [0.2, 0.25) is 0 Å². The maximum atomic E-state index is 11.4. The van der Waals surface area contributed by atoms with Gasteiger partial charge in [0, 0.05) is 0 Å². The predicted octanol–water partition coefficient (Wildman–Crippen LogP) is 3.35. The SMILES string of the molecule is CC(=O)C1=CCC(C)(C)CC1(C)C. The summed E-state index contributed by atoms with van der Waals surface area (Å²) < 4.78 is 0. The van der Waals surface area contributed by atoms with Crippen LogP contribution >= 0.6 is 0 Å². The first kappa shape index (κ1) is 10.5. The zero-order valence-corrected chi connectivity index (χ0v) is 9.40. The van der Waals surface area contributed by atoms with Gasteiger partial charge in [0.05, 0.1) is 0 Å². The van der Waals surface area contributed by atoms with Crippen molar-refractivity contribution in [2.75, 3.05) is 0 Å². The highest BCUT2D eigenvalue weighted by Gasteiger charge is 2.36. The van der Waals surface area contributed by atoms with E-state index in [-0.39, 0.29) is 11.2 Å². The molecule has 1 aliphatic rings. The quantitative estimate of drug-likeness (QED) is 0.605. The van der Waals surface area contributed by atoms with Gasteiger partial charge in [0.15, 0.2) is 5.78 Å². The molecule has 13 heavy (non-hydrogen) atoms. The van der Waals surface area contributed by atoms with Gasteiger partial charge in [0.2, 0.25) is 0 Å². The van der Waals surface area contributed by atoms with Crippen molar-refractivity contribution in [1.29, 1.82) is 0 Å². The minimum atomic E-state index is 0.0631. The van der Waals surface area contributed by atoms with E-state index >= 15 is 0 Å². The molecule has 1 heteroatoms. The molecule has 74 valence electrons. The number of hydrogen-bond donors (Lipinski definition) is 0. The largest absolute Gasteiger partial charge is 0.295 e. The molecule has 0 saturated heterocycles. The summed E-state index contributed by atoms with van der Waals surface area (Å²) >= 11 is 0. The second-order valence-corrected chi connectivity index (χ2v) is 5.60. The van der Waals surface area contributed by atoms with E-state index in [9.17, 15) is 4.79 Å². The Morgan fingerprint density at radius 2 is 1.85 bits per heavy atom. The Labute approximate surface area is 81.2 Å². The molecule has 0 bridgehead atoms. The summed E-state index contributed by atoms with van der Waals surface area (Å²) in [5.74, 6) is 0.237. The van der Waals surface area contributed by atoms with Crippen LogP contribution in [0.1, 0.15) is 47.5 Å². The summed E-state index contributed by atoms with van der Waals surface area (Å²) in [5.41, 5.74) is 1.43. The lowest BCUT2D eigenvalue weighted by molar-refractivity contribution is -0.114. The molecule has 0 spiro atoms. The molecule has 0 aliphatic heterocycles. The Morgan fingerprint density at radius 3 is 2.23 bits per heavy atom. The molecule has 0 atom stereocenters. The van der Waals surface area contributed by atoms with Gasteiger partial charge in [-0.15, -0.1) is 0 Å². The number of ketones is 1. The zero-order chi connectivity index (χ0) is 10.3. The van der Waals surface area contributed by atoms with E-state index < -0.39 is 0 Å². The first-order valence-electron chi connectivity index (χ1n) is 4.96. The summed E-state index contributed by atoms with van der Waals surface area (Å²) in [7, 11) is 0. The van der Waals surface area contributed by atoms with Crippen molar-refractivity contribution in [3.05, 3.63) is 11.6 Å². The fourth-order valence-corrected chi connectivity index (χ4v) is 2.64. The van der Waals surface area contributed by atoms with Crippen LogP contribution in [0.15, 0.2) is 11.6 Å². The third-order valence-corrected chi connectivity index (χ3v) is 2.89. The van der Waals surface area contributed by atoms with E-state index in [1.807, 2.05) is 0 Å². The van der Waals surface area contributed by atoms with Crippen molar-refractivity contribution in [2.45, 2.75) is 47.5 Å². The first-order chi connectivity index (χ1) is 5.75. The van der Waals surface area contributed by atoms with Gasteiger partial charge in [-0.25, -0.2) is 0 Å². The molecule has 0 fully saturated rings. The highest BCUT2D eigenvalue weighted by Crippen LogP contribution is 2.45. The van der Waals surface area contributed by atoms with Gasteiger partial charge in [-0.3, -0.25) is 4.79 Å². The van der Waals surface area contributed by atoms with Crippen LogP contribution in [0.4, 0.5) is 0 Å². The van der Waals surface area contributed by atoms with Crippen LogP contribution in [-0.4, -0.2) is 5.78 Å². The van der Waals surface area contributed by atoms with Gasteiger partial charge < -0.3 is 0 Å². The molecule has 0 amide bonds. The van der Waals surface area contributed by atoms with Gasteiger partial charge in [-0.2, -0.15) is 0 Å². The Hall–Kier alpha value is -0.590. The van der Waals surface area contributed by atoms with Crippen LogP contribution in [0.3, 0.4) is 0 Å². The van der Waals surface area contributed by atoms with Crippen molar-refractivity contribution in [1.82, 2.24) is 0 Å². The third-order valence-electron chi connectivity index (χ3n) is 2.89. The van der Waals surface area contributed by atoms with E-state index in [2.05, 4.69) is 33.8 Å². The maximum Gasteiger partial charge on any atom is 0.156 e. The van der Waals surface area contributed by atoms with Crippen molar-refractivity contribution in [3.63, 3.8) is 0 Å². The molecule has 1 rings (SSSR count). The fourth-order valence-electron chi connectivity index (χ4n) is 2.64. The van der Waals surface area contributed by atoms with Gasteiger partial charge >= 0.3 is 0 Å². The Balaban J connectivity index is 3.00. The molecule has 0 aromatic rings. The minimum absolute atomic E-state index is 0.0631. The highest BCUT2D eigenvalue weighted by molar-refractivity contribution is 5.94. The highest BCUT2D eigenvalue weighted by atomic mass is 16.1. The molecular formula is C12H20O. The zero-order valence-electron chi connectivity index (χ0n) is 9.40. The second kappa shape index (κ2) is 2.97. The summed E-state index contributed by atoms with van der Waals surface area (Å²) in [5, 5.41) is 0. The molecule has 0 radical (unpaired) electrons. The lowest BCUT2D eigenvalue weighted by Gasteiger charge is -2.40. The Kier molecular flexibility index (Phi) is 2.40. The topological polar surface area (TPSA) is 17.1 Å². The van der Waals surface area contributed by atoms with Crippen molar-refractivity contribution in [2.24, 2.45) is 10.8 Å². The maximum absolute atomic E-state index is 11.4. The average molecular weight is 180 g/mol. The van der Waals surface area contributed by atoms with Crippen LogP contribution in [0, 0.1) is 10.8 Å². The monoisotopic (exact) mass is 180 g/mol. The van der Waals surface area contributed by atoms with Crippen LogP contribution in [-0.2, 0) is 4.79 Å². The second-order valence-electron chi connectivity index (χ2n) is 5.60. The number of Topliss-reactive ketones (excluding diaryl/α,β-unsaturated/α-hetero) is 1. The van der Waals surface area contributed by atoms with Crippen LogP contribution in [0.25, 0.3) is 0 Å². The smallest absolute Gasteiger partial charge is 0.156 e. The first-order valence-corrected chi connectivity index (χ1v) is 4.96. The normalized spacial score (nSPS) is 25.2. The van der Waals surface area contributed by atoms with E-state index in [0.29, 0.717) is 5.41 Å². The summed E-state index contributed by atoms with van der Waals surface area (Å²) in [6, 6.07) is 0. The molecule has 0 unspecified atom stereocenters. The van der Waals surface area contributed by atoms with Crippen molar-refractivity contribution in [3.8, 4) is 0 Å². The standard InChI is InChI=1S/C12H20O/c1-9(13)10-6-7-11(2,3)8-12(10,4)5/h6H,7-8H2,1-5H3. The lowest BCUT2D eigenvalue weighted by Crippen LogP contribution is -2.31. The molecule has 0 aromatic carbocycles. The van der Waals surface area contributed by atoms with Crippen LogP contribution in [0.5, 0.6) is 0 Å². The number of carbonyl (C=O) groups excluding carboxylic acids is 1. The van der Waals surface area contributed by atoms with E-state index in [0.717, 1.165) is 18.4 Å². The van der Waals surface area contributed by atoms with Gasteiger partial charge in [0.25, 0.3) is 0 Å². The molecule has 0 saturated carbocycles. The molecule has 1 nitrogen and oxygen atoms in total. The third kappa shape index (κ3) is 2.20. The van der Waals surface area contributed by atoms with E-state index in [1.165, 1.54) is 0 Å². The Bertz CT molecular complexity index is 256. The fraction of sp³-hybridized carbons (Fsp3) is 0.750. The van der Waals surface area contributed by atoms with Gasteiger partial charge in [0.1, 0.15) is 0 Å². The lowest BCUT2D eigenvalue weighted by atomic mass is 9.64. The molecule has 0 heterocycles. The average Bonchev–Trinajstić information content (AvgIpc) is 1.79. The van der Waals surface area contributed by atoms with Gasteiger partial charge in [-0.05, 0) is 36.2 Å². The number of allylic oxidation sites excluding steroid dienone is 2. The number of carbonyl (C=O) groups is 1. The van der Waals surface area contributed by atoms with Crippen molar-refractivity contribution >= 4 is 5.78 Å². The number of rotatable bonds is 1. The van der Waals surface area contributed by atoms with Gasteiger partial charge in [-0.1, -0.05) is 33.8 Å². The molecule has 0 aromatic heterocycles. The summed E-state index contributed by atoms with van der Waals surface area (Å²) in [6.45, 7) is 10.5.